The van der Waals surface area contributed by atoms with Gasteiger partial charge in [-0.1, -0.05) is 30.3 Å². The summed E-state index contributed by atoms with van der Waals surface area (Å²) in [4.78, 5) is 71.2. The van der Waals surface area contributed by atoms with Gasteiger partial charge in [-0.05, 0) is 18.9 Å². The van der Waals surface area contributed by atoms with Crippen LogP contribution in [0.3, 0.4) is 0 Å². The van der Waals surface area contributed by atoms with Crippen LogP contribution < -0.4 is 27.4 Å². The smallest absolute Gasteiger partial charge is 0.326 e. The Morgan fingerprint density at radius 1 is 0.889 bits per heavy atom. The maximum atomic E-state index is 13.0. The van der Waals surface area contributed by atoms with Crippen molar-refractivity contribution in [2.45, 2.75) is 62.9 Å². The van der Waals surface area contributed by atoms with Crippen LogP contribution in [0.4, 0.5) is 0 Å². The largest absolute Gasteiger partial charge is 0.481 e. The number of nitrogens with two attached hydrogens (primary N) is 2. The maximum Gasteiger partial charge on any atom is 0.326 e. The Morgan fingerprint density at radius 3 is 1.97 bits per heavy atom. The number of hydrogen-bond donors (Lipinski definition) is 8. The molecule has 36 heavy (non-hydrogen) atoms. The molecule has 0 aliphatic carbocycles. The summed E-state index contributed by atoms with van der Waals surface area (Å²) in [6, 6.07) is 2.58. The van der Waals surface area contributed by atoms with Crippen molar-refractivity contribution in [3.05, 3.63) is 35.9 Å². The van der Waals surface area contributed by atoms with Gasteiger partial charge in [0, 0.05) is 12.8 Å². The molecule has 10 N–H and O–H groups in total. The van der Waals surface area contributed by atoms with Crippen LogP contribution in [0.15, 0.2) is 30.3 Å². The Bertz CT molecular complexity index is 954. The number of rotatable bonds is 15. The summed E-state index contributed by atoms with van der Waals surface area (Å²) in [7, 11) is 0. The Morgan fingerprint density at radius 2 is 1.47 bits per heavy atom. The molecular weight excluding hydrogens is 478 g/mol. The van der Waals surface area contributed by atoms with E-state index < -0.39 is 72.3 Å². The monoisotopic (exact) mass is 509 g/mol. The van der Waals surface area contributed by atoms with Gasteiger partial charge in [0.2, 0.25) is 23.6 Å². The van der Waals surface area contributed by atoms with Crippen molar-refractivity contribution >= 4 is 35.6 Å². The molecule has 1 rings (SSSR count). The average molecular weight is 510 g/mol. The first-order valence-electron chi connectivity index (χ1n) is 10.9. The van der Waals surface area contributed by atoms with E-state index in [9.17, 15) is 33.9 Å². The van der Waals surface area contributed by atoms with Gasteiger partial charge in [0.15, 0.2) is 0 Å². The SMILES string of the molecule is CC(O)C(NC(=O)C(Cc1ccccc1)NC(=O)C(N)CCC(N)=O)C(=O)NC(CC(=O)O)C(=O)O. The zero-order chi connectivity index (χ0) is 27.4. The van der Waals surface area contributed by atoms with Gasteiger partial charge in [-0.25, -0.2) is 4.79 Å². The number of carboxylic acid groups (broad SMARTS) is 2. The number of amides is 4. The van der Waals surface area contributed by atoms with E-state index in [-0.39, 0.29) is 19.3 Å². The molecule has 0 aliphatic rings. The fourth-order valence-corrected chi connectivity index (χ4v) is 3.06. The lowest BCUT2D eigenvalue weighted by Crippen LogP contribution is -2.60. The number of aliphatic hydroxyl groups excluding tert-OH is 1. The minimum absolute atomic E-state index is 0.0358. The van der Waals surface area contributed by atoms with Crippen molar-refractivity contribution < 1.29 is 44.1 Å². The van der Waals surface area contributed by atoms with Crippen LogP contribution in [0, 0.1) is 0 Å². The van der Waals surface area contributed by atoms with E-state index in [1.165, 1.54) is 0 Å². The normalized spacial score (nSPS) is 14.9. The second-order valence-corrected chi connectivity index (χ2v) is 8.09. The summed E-state index contributed by atoms with van der Waals surface area (Å²) in [5, 5.41) is 34.7. The van der Waals surface area contributed by atoms with E-state index in [2.05, 4.69) is 10.6 Å². The van der Waals surface area contributed by atoms with Crippen LogP contribution in [0.2, 0.25) is 0 Å². The number of benzene rings is 1. The van der Waals surface area contributed by atoms with Crippen molar-refractivity contribution in [3.8, 4) is 0 Å². The molecule has 0 saturated heterocycles. The van der Waals surface area contributed by atoms with E-state index in [4.69, 9.17) is 21.7 Å². The van der Waals surface area contributed by atoms with Gasteiger partial charge in [-0.3, -0.25) is 24.0 Å². The molecule has 0 saturated carbocycles. The van der Waals surface area contributed by atoms with Crippen molar-refractivity contribution in [2.75, 3.05) is 0 Å². The van der Waals surface area contributed by atoms with Crippen molar-refractivity contribution in [1.29, 1.82) is 0 Å². The molecule has 5 unspecified atom stereocenters. The number of aliphatic carboxylic acids is 2. The molecule has 0 bridgehead atoms. The predicted molar refractivity (Wildman–Crippen MR) is 124 cm³/mol. The number of hydrogen-bond acceptors (Lipinski definition) is 8. The van der Waals surface area contributed by atoms with E-state index >= 15 is 0 Å². The Hall–Kier alpha value is -4.04. The zero-order valence-corrected chi connectivity index (χ0v) is 19.5. The van der Waals surface area contributed by atoms with Gasteiger partial charge in [-0.2, -0.15) is 0 Å². The van der Waals surface area contributed by atoms with Gasteiger partial charge >= 0.3 is 11.9 Å². The second kappa shape index (κ2) is 14.4. The van der Waals surface area contributed by atoms with Crippen molar-refractivity contribution in [2.24, 2.45) is 11.5 Å². The van der Waals surface area contributed by atoms with Crippen LogP contribution in [-0.2, 0) is 35.2 Å². The highest BCUT2D eigenvalue weighted by atomic mass is 16.4. The summed E-state index contributed by atoms with van der Waals surface area (Å²) in [6.07, 6.45) is -2.71. The lowest BCUT2D eigenvalue weighted by molar-refractivity contribution is -0.148. The van der Waals surface area contributed by atoms with E-state index in [1.807, 2.05) is 5.32 Å². The summed E-state index contributed by atoms with van der Waals surface area (Å²) in [5.74, 6) is -6.59. The quantitative estimate of drug-likeness (QED) is 0.121. The van der Waals surface area contributed by atoms with Crippen molar-refractivity contribution in [1.82, 2.24) is 16.0 Å². The highest BCUT2D eigenvalue weighted by Crippen LogP contribution is 2.06. The molecule has 1 aromatic rings. The van der Waals surface area contributed by atoms with Crippen LogP contribution in [-0.4, -0.2) is 81.2 Å². The number of aliphatic hydroxyl groups is 1. The van der Waals surface area contributed by atoms with Gasteiger partial charge in [0.25, 0.3) is 0 Å². The number of carbonyl (C=O) groups is 6. The first-order chi connectivity index (χ1) is 16.8. The van der Waals surface area contributed by atoms with Crippen LogP contribution >= 0.6 is 0 Å². The Balaban J connectivity index is 3.06. The molecule has 0 radical (unpaired) electrons. The average Bonchev–Trinajstić information content (AvgIpc) is 2.79. The van der Waals surface area contributed by atoms with Gasteiger partial charge in [0.1, 0.15) is 18.1 Å². The molecular formula is C22H31N5O9. The molecule has 198 valence electrons. The van der Waals surface area contributed by atoms with E-state index in [1.54, 1.807) is 30.3 Å². The molecule has 1 aromatic carbocycles. The van der Waals surface area contributed by atoms with E-state index in [0.717, 1.165) is 6.92 Å². The molecule has 0 fully saturated rings. The first-order valence-corrected chi connectivity index (χ1v) is 10.9. The van der Waals surface area contributed by atoms with Gasteiger partial charge < -0.3 is 42.7 Å². The number of carboxylic acids is 2. The van der Waals surface area contributed by atoms with Crippen LogP contribution in [0.25, 0.3) is 0 Å². The lowest BCUT2D eigenvalue weighted by Gasteiger charge is -2.26. The number of carbonyl (C=O) groups excluding carboxylic acids is 4. The summed E-state index contributed by atoms with van der Waals surface area (Å²) < 4.78 is 0. The predicted octanol–water partition coefficient (Wildman–Crippen LogP) is -2.78. The van der Waals surface area contributed by atoms with Gasteiger partial charge in [-0.15, -0.1) is 0 Å². The Kier molecular flexibility index (Phi) is 12.0. The maximum absolute atomic E-state index is 13.0. The molecule has 0 aromatic heterocycles. The van der Waals surface area contributed by atoms with Gasteiger partial charge in [0.05, 0.1) is 18.6 Å². The molecule has 0 heterocycles. The second-order valence-electron chi connectivity index (χ2n) is 8.09. The minimum atomic E-state index is -1.81. The number of primary amides is 1. The topological polar surface area (TPSA) is 251 Å². The summed E-state index contributed by atoms with van der Waals surface area (Å²) in [6.45, 7) is 1.15. The highest BCUT2D eigenvalue weighted by molar-refractivity contribution is 5.95. The lowest BCUT2D eigenvalue weighted by atomic mass is 10.0. The highest BCUT2D eigenvalue weighted by Gasteiger charge is 2.33. The minimum Gasteiger partial charge on any atom is -0.481 e. The molecule has 0 aliphatic heterocycles. The third-order valence-electron chi connectivity index (χ3n) is 5.01. The third kappa shape index (κ3) is 10.5. The molecule has 14 heteroatoms. The van der Waals surface area contributed by atoms with E-state index in [0.29, 0.717) is 5.56 Å². The third-order valence-corrected chi connectivity index (χ3v) is 5.01. The molecule has 14 nitrogen and oxygen atoms in total. The zero-order valence-electron chi connectivity index (χ0n) is 19.5. The first kappa shape index (κ1) is 30.0. The Labute approximate surface area is 206 Å². The summed E-state index contributed by atoms with van der Waals surface area (Å²) in [5.41, 5.74) is 11.5. The van der Waals surface area contributed by atoms with Crippen LogP contribution in [0.1, 0.15) is 31.7 Å². The molecule has 0 spiro atoms. The standard InChI is InChI=1S/C22H31N5O9/c1-11(28)18(21(34)26-15(22(35)36)10-17(30)31)27-20(33)14(9-12-5-3-2-4-6-12)25-19(32)13(23)7-8-16(24)29/h2-6,11,13-15,18,28H,7-10,23H2,1H3,(H2,24,29)(H,25,32)(H,26,34)(H,27,33)(H,30,31)(H,35,36). The number of nitrogens with one attached hydrogen (secondary N) is 3. The fraction of sp³-hybridized carbons (Fsp3) is 0.455. The van der Waals surface area contributed by atoms with Crippen molar-refractivity contribution in [3.63, 3.8) is 0 Å². The molecule has 5 atom stereocenters. The fourth-order valence-electron chi connectivity index (χ4n) is 3.06. The summed E-state index contributed by atoms with van der Waals surface area (Å²) >= 11 is 0. The van der Waals surface area contributed by atoms with Crippen LogP contribution in [0.5, 0.6) is 0 Å². The molecule has 4 amide bonds.